The maximum Gasteiger partial charge on any atom is 0.435 e. The van der Waals surface area contributed by atoms with Gasteiger partial charge < -0.3 is 4.90 Å². The molecule has 2 amide bonds. The van der Waals surface area contributed by atoms with Crippen LogP contribution in [0.3, 0.4) is 0 Å². The van der Waals surface area contributed by atoms with Crippen molar-refractivity contribution >= 4 is 34.0 Å². The molecule has 0 spiro atoms. The van der Waals surface area contributed by atoms with Crippen LogP contribution in [0, 0.1) is 13.8 Å². The first-order chi connectivity index (χ1) is 18.9. The van der Waals surface area contributed by atoms with Gasteiger partial charge in [-0.3, -0.25) is 18.7 Å². The van der Waals surface area contributed by atoms with Crippen LogP contribution in [-0.4, -0.2) is 47.6 Å². The summed E-state index contributed by atoms with van der Waals surface area (Å²) in [6, 6.07) is 14.7. The number of amides is 2. The number of halogens is 7. The highest BCUT2D eigenvalue weighted by molar-refractivity contribution is 7.84. The smallest absolute Gasteiger partial charge is 0.311 e. The van der Waals surface area contributed by atoms with E-state index in [1.807, 2.05) is 0 Å². The predicted octanol–water partition coefficient (Wildman–Crippen LogP) is 6.85. The average Bonchev–Trinajstić information content (AvgIpc) is 2.89. The summed E-state index contributed by atoms with van der Waals surface area (Å²) in [6.07, 6.45) is -11.2. The SMILES string of the molecule is Cc1cc(C(F)(C(F)(F)F)C(F)(F)F)cc(C)c1N(C)C(=O)c1cccc(N(CS(C)=O)C(=O)c2ccccc2)c1. The standard InChI is InChI=1S/C28H25F7N2O3S/c1-17-13-21(26(29,27(30,31)32)28(33,34)35)14-18(2)23(17)36(3)24(38)20-11-8-12-22(15-20)37(16-41(4)40)25(39)19-9-6-5-7-10-19/h5-15H,16H2,1-4H3. The van der Waals surface area contributed by atoms with Crippen LogP contribution in [-0.2, 0) is 16.5 Å². The Kier molecular flexibility index (Phi) is 9.02. The summed E-state index contributed by atoms with van der Waals surface area (Å²) in [5.74, 6) is -1.39. The van der Waals surface area contributed by atoms with Gasteiger partial charge in [-0.1, -0.05) is 36.4 Å². The zero-order valence-corrected chi connectivity index (χ0v) is 23.0. The average molecular weight is 603 g/mol. The van der Waals surface area contributed by atoms with Gasteiger partial charge in [-0.15, -0.1) is 0 Å². The fraction of sp³-hybridized carbons (Fsp3) is 0.286. The lowest BCUT2D eigenvalue weighted by Crippen LogP contribution is -2.50. The van der Waals surface area contributed by atoms with Crippen molar-refractivity contribution in [1.82, 2.24) is 0 Å². The van der Waals surface area contributed by atoms with Crippen molar-refractivity contribution in [2.24, 2.45) is 0 Å². The Hall–Kier alpha value is -3.74. The van der Waals surface area contributed by atoms with Gasteiger partial charge in [-0.05, 0) is 55.3 Å². The Morgan fingerprint density at radius 1 is 0.756 bits per heavy atom. The zero-order valence-electron chi connectivity index (χ0n) is 22.2. The molecule has 5 nitrogen and oxygen atoms in total. The van der Waals surface area contributed by atoms with Crippen LogP contribution in [0.25, 0.3) is 0 Å². The first-order valence-corrected chi connectivity index (χ1v) is 13.6. The molecule has 0 N–H and O–H groups in total. The number of carbonyl (C=O) groups excluding carboxylic acids is 2. The first-order valence-electron chi connectivity index (χ1n) is 11.9. The lowest BCUT2D eigenvalue weighted by atomic mass is 9.90. The molecule has 41 heavy (non-hydrogen) atoms. The molecule has 220 valence electrons. The van der Waals surface area contributed by atoms with Crippen LogP contribution in [0.4, 0.5) is 42.1 Å². The van der Waals surface area contributed by atoms with Crippen molar-refractivity contribution in [3.05, 3.63) is 94.5 Å². The Bertz CT molecular complexity index is 1440. The zero-order chi connectivity index (χ0) is 30.9. The van der Waals surface area contributed by atoms with Gasteiger partial charge >= 0.3 is 18.0 Å². The van der Waals surface area contributed by atoms with Crippen molar-refractivity contribution in [3.63, 3.8) is 0 Å². The van der Waals surface area contributed by atoms with Crippen molar-refractivity contribution in [3.8, 4) is 0 Å². The van der Waals surface area contributed by atoms with Crippen LogP contribution >= 0.6 is 0 Å². The number of rotatable bonds is 7. The number of carbonyl (C=O) groups is 2. The van der Waals surface area contributed by atoms with Crippen molar-refractivity contribution in [2.45, 2.75) is 31.9 Å². The molecule has 3 aromatic carbocycles. The molecule has 0 saturated carbocycles. The minimum atomic E-state index is -6.28. The molecule has 0 aromatic heterocycles. The van der Waals surface area contributed by atoms with Gasteiger partial charge in [0.25, 0.3) is 11.8 Å². The van der Waals surface area contributed by atoms with E-state index in [9.17, 15) is 44.5 Å². The molecule has 3 aromatic rings. The molecule has 0 fully saturated rings. The maximum atomic E-state index is 14.7. The summed E-state index contributed by atoms with van der Waals surface area (Å²) in [7, 11) is -0.198. The van der Waals surface area contributed by atoms with Gasteiger partial charge in [-0.2, -0.15) is 26.3 Å². The molecule has 0 radical (unpaired) electrons. The monoisotopic (exact) mass is 602 g/mol. The highest BCUT2D eigenvalue weighted by Gasteiger charge is 2.73. The van der Waals surface area contributed by atoms with Crippen LogP contribution in [0.5, 0.6) is 0 Å². The third kappa shape index (κ3) is 6.29. The molecule has 0 aliphatic heterocycles. The molecular weight excluding hydrogens is 577 g/mol. The third-order valence-electron chi connectivity index (χ3n) is 6.29. The van der Waals surface area contributed by atoms with Crippen molar-refractivity contribution in [1.29, 1.82) is 0 Å². The van der Waals surface area contributed by atoms with Crippen LogP contribution in [0.1, 0.15) is 37.4 Å². The summed E-state index contributed by atoms with van der Waals surface area (Å²) in [4.78, 5) is 28.8. The van der Waals surface area contributed by atoms with Gasteiger partial charge in [-0.25, -0.2) is 4.39 Å². The number of anilines is 2. The second-order valence-electron chi connectivity index (χ2n) is 9.33. The van der Waals surface area contributed by atoms with Gasteiger partial charge in [0.2, 0.25) is 0 Å². The van der Waals surface area contributed by atoms with E-state index in [-0.39, 0.29) is 33.9 Å². The molecular formula is C28H25F7N2O3S. The lowest BCUT2D eigenvalue weighted by Gasteiger charge is -2.32. The van der Waals surface area contributed by atoms with E-state index < -0.39 is 46.2 Å². The molecule has 0 heterocycles. The van der Waals surface area contributed by atoms with Crippen LogP contribution in [0.2, 0.25) is 0 Å². The summed E-state index contributed by atoms with van der Waals surface area (Å²) in [5.41, 5.74) is -7.14. The Labute approximate surface area is 234 Å². The number of alkyl halides is 7. The topological polar surface area (TPSA) is 57.7 Å². The molecule has 13 heteroatoms. The van der Waals surface area contributed by atoms with Gasteiger partial charge in [0, 0.05) is 52.2 Å². The Morgan fingerprint density at radius 3 is 1.76 bits per heavy atom. The number of nitrogens with zero attached hydrogens (tertiary/aromatic N) is 2. The quantitative estimate of drug-likeness (QED) is 0.278. The second kappa shape index (κ2) is 11.6. The number of hydrogen-bond donors (Lipinski definition) is 0. The first kappa shape index (κ1) is 31.8. The molecule has 0 bridgehead atoms. The number of benzene rings is 3. The van der Waals surface area contributed by atoms with Crippen LogP contribution < -0.4 is 9.80 Å². The molecule has 0 aliphatic rings. The number of hydrogen-bond acceptors (Lipinski definition) is 3. The highest BCUT2D eigenvalue weighted by atomic mass is 32.2. The third-order valence-corrected chi connectivity index (χ3v) is 6.91. The van der Waals surface area contributed by atoms with Crippen molar-refractivity contribution < 1.29 is 44.5 Å². The van der Waals surface area contributed by atoms with E-state index in [4.69, 9.17) is 0 Å². The minimum Gasteiger partial charge on any atom is -0.311 e. The number of aryl methyl sites for hydroxylation is 2. The van der Waals surface area contributed by atoms with E-state index in [2.05, 4.69) is 0 Å². The van der Waals surface area contributed by atoms with Gasteiger partial charge in [0.15, 0.2) is 0 Å². The lowest BCUT2D eigenvalue weighted by molar-refractivity contribution is -0.348. The normalized spacial score (nSPS) is 13.0. The van der Waals surface area contributed by atoms with Gasteiger partial charge in [0.05, 0.1) is 0 Å². The largest absolute Gasteiger partial charge is 0.435 e. The Balaban J connectivity index is 2.02. The summed E-state index contributed by atoms with van der Waals surface area (Å²) >= 11 is 0. The van der Waals surface area contributed by atoms with E-state index in [1.54, 1.807) is 30.3 Å². The summed E-state index contributed by atoms with van der Waals surface area (Å²) < 4.78 is 107. The molecule has 0 aliphatic carbocycles. The molecule has 3 rings (SSSR count). The van der Waals surface area contributed by atoms with Gasteiger partial charge in [0.1, 0.15) is 5.88 Å². The van der Waals surface area contributed by atoms with Crippen LogP contribution in [0.15, 0.2) is 66.7 Å². The Morgan fingerprint density at radius 2 is 1.27 bits per heavy atom. The fourth-order valence-electron chi connectivity index (χ4n) is 4.44. The van der Waals surface area contributed by atoms with Crippen molar-refractivity contribution in [2.75, 3.05) is 29.0 Å². The highest BCUT2D eigenvalue weighted by Crippen LogP contribution is 2.54. The fourth-order valence-corrected chi connectivity index (χ4v) is 5.07. The second-order valence-corrected chi connectivity index (χ2v) is 10.7. The van der Waals surface area contributed by atoms with E-state index in [0.29, 0.717) is 17.7 Å². The summed E-state index contributed by atoms with van der Waals surface area (Å²) in [6.45, 7) is 2.33. The van der Waals surface area contributed by atoms with E-state index in [0.717, 1.165) is 18.7 Å². The molecule has 0 saturated heterocycles. The minimum absolute atomic E-state index is 0.0195. The molecule has 1 atom stereocenters. The van der Waals surface area contributed by atoms with E-state index >= 15 is 0 Å². The summed E-state index contributed by atoms with van der Waals surface area (Å²) in [5, 5.41) is 0. The predicted molar refractivity (Wildman–Crippen MR) is 142 cm³/mol. The maximum absolute atomic E-state index is 14.7. The van der Waals surface area contributed by atoms with E-state index in [1.165, 1.54) is 42.5 Å². The molecule has 1 unspecified atom stereocenters.